The van der Waals surface area contributed by atoms with Gasteiger partial charge >= 0.3 is 0 Å². The largest absolute Gasteiger partial charge is 0.497 e. The maximum absolute atomic E-state index is 12.4. The molecule has 0 amide bonds. The van der Waals surface area contributed by atoms with Crippen molar-refractivity contribution < 1.29 is 4.74 Å². The highest BCUT2D eigenvalue weighted by Crippen LogP contribution is 2.28. The van der Waals surface area contributed by atoms with Gasteiger partial charge in [-0.1, -0.05) is 12.1 Å². The Morgan fingerprint density at radius 2 is 2.09 bits per heavy atom. The molecule has 7 nitrogen and oxygen atoms in total. The van der Waals surface area contributed by atoms with Crippen molar-refractivity contribution in [2.45, 2.75) is 6.92 Å². The summed E-state index contributed by atoms with van der Waals surface area (Å²) in [5.41, 5.74) is 1.81. The predicted molar refractivity (Wildman–Crippen MR) is 85.6 cm³/mol. The molecular formula is C16H13N5O2. The lowest BCUT2D eigenvalue weighted by Crippen LogP contribution is -2.10. The fourth-order valence-electron chi connectivity index (χ4n) is 2.67. The van der Waals surface area contributed by atoms with E-state index in [1.165, 1.54) is 0 Å². The van der Waals surface area contributed by atoms with Crippen molar-refractivity contribution in [1.29, 1.82) is 0 Å². The van der Waals surface area contributed by atoms with E-state index in [0.29, 0.717) is 33.9 Å². The van der Waals surface area contributed by atoms with Crippen molar-refractivity contribution in [1.82, 2.24) is 24.6 Å². The molecule has 7 heteroatoms. The topological polar surface area (TPSA) is 85.2 Å². The first kappa shape index (κ1) is 13.4. The van der Waals surface area contributed by atoms with Crippen LogP contribution in [-0.4, -0.2) is 31.7 Å². The first-order chi connectivity index (χ1) is 11.2. The minimum atomic E-state index is -0.220. The lowest BCUT2D eigenvalue weighted by Gasteiger charge is -2.09. The number of benzene rings is 1. The molecular weight excluding hydrogens is 294 g/mol. The van der Waals surface area contributed by atoms with Crippen LogP contribution in [0.4, 0.5) is 0 Å². The molecule has 0 radical (unpaired) electrons. The fourth-order valence-corrected chi connectivity index (χ4v) is 2.67. The fraction of sp³-hybridized carbons (Fsp3) is 0.125. The molecule has 1 N–H and O–H groups in total. The zero-order valence-electron chi connectivity index (χ0n) is 12.6. The van der Waals surface area contributed by atoms with Crippen LogP contribution in [-0.2, 0) is 0 Å². The number of hydrogen-bond acceptors (Lipinski definition) is 5. The van der Waals surface area contributed by atoms with Crippen LogP contribution in [0.5, 0.6) is 5.75 Å². The van der Waals surface area contributed by atoms with Gasteiger partial charge in [0.25, 0.3) is 11.3 Å². The van der Waals surface area contributed by atoms with Crippen molar-refractivity contribution >= 4 is 16.7 Å². The standard InChI is InChI=1S/C16H13N5O2/c1-9-18-16-19-12-6-7-17-15(22)13(12)14(21(16)20-9)10-4-3-5-11(8-10)23-2/h3-8H,1-2H3,(H,17,22). The number of rotatable bonds is 2. The molecule has 0 spiro atoms. The normalized spacial score (nSPS) is 11.2. The summed E-state index contributed by atoms with van der Waals surface area (Å²) in [5.74, 6) is 1.75. The number of methoxy groups -OCH3 is 1. The summed E-state index contributed by atoms with van der Waals surface area (Å²) in [6.07, 6.45) is 1.58. The van der Waals surface area contributed by atoms with E-state index in [9.17, 15) is 4.79 Å². The van der Waals surface area contributed by atoms with Crippen LogP contribution in [0.15, 0.2) is 41.3 Å². The molecule has 0 bridgehead atoms. The van der Waals surface area contributed by atoms with Crippen molar-refractivity contribution in [2.75, 3.05) is 7.11 Å². The predicted octanol–water partition coefficient (Wildman–Crippen LogP) is 1.95. The first-order valence-electron chi connectivity index (χ1n) is 7.06. The number of aromatic nitrogens is 5. The minimum Gasteiger partial charge on any atom is -0.497 e. The van der Waals surface area contributed by atoms with E-state index in [1.54, 1.807) is 30.8 Å². The highest BCUT2D eigenvalue weighted by molar-refractivity contribution is 5.93. The van der Waals surface area contributed by atoms with Gasteiger partial charge in [-0.2, -0.15) is 9.50 Å². The van der Waals surface area contributed by atoms with Gasteiger partial charge in [-0.25, -0.2) is 4.98 Å². The third kappa shape index (κ3) is 2.05. The van der Waals surface area contributed by atoms with E-state index < -0.39 is 0 Å². The number of hydrogen-bond donors (Lipinski definition) is 1. The van der Waals surface area contributed by atoms with Crippen molar-refractivity contribution in [2.24, 2.45) is 0 Å². The Kier molecular flexibility index (Phi) is 2.87. The second-order valence-electron chi connectivity index (χ2n) is 5.13. The van der Waals surface area contributed by atoms with Crippen LogP contribution in [0.2, 0.25) is 0 Å². The van der Waals surface area contributed by atoms with Gasteiger partial charge in [-0.3, -0.25) is 4.79 Å². The average Bonchev–Trinajstić information content (AvgIpc) is 2.93. The summed E-state index contributed by atoms with van der Waals surface area (Å²) in [5, 5.41) is 4.86. The molecule has 114 valence electrons. The molecule has 23 heavy (non-hydrogen) atoms. The lowest BCUT2D eigenvalue weighted by atomic mass is 10.1. The molecule has 4 rings (SSSR count). The van der Waals surface area contributed by atoms with Gasteiger partial charge in [-0.05, 0) is 25.1 Å². The third-order valence-corrected chi connectivity index (χ3v) is 3.65. The molecule has 0 unspecified atom stereocenters. The van der Waals surface area contributed by atoms with Crippen LogP contribution in [0.3, 0.4) is 0 Å². The zero-order valence-corrected chi connectivity index (χ0v) is 12.6. The van der Waals surface area contributed by atoms with Crippen LogP contribution >= 0.6 is 0 Å². The number of nitrogens with zero attached hydrogens (tertiary/aromatic N) is 4. The van der Waals surface area contributed by atoms with Crippen LogP contribution in [0.1, 0.15) is 5.82 Å². The van der Waals surface area contributed by atoms with Crippen molar-refractivity contribution in [3.8, 4) is 17.0 Å². The van der Waals surface area contributed by atoms with E-state index in [1.807, 2.05) is 24.3 Å². The quantitative estimate of drug-likeness (QED) is 0.612. The van der Waals surface area contributed by atoms with Gasteiger partial charge < -0.3 is 9.72 Å². The van der Waals surface area contributed by atoms with Gasteiger partial charge in [0.1, 0.15) is 11.6 Å². The number of aryl methyl sites for hydroxylation is 1. The number of ether oxygens (including phenoxy) is 1. The SMILES string of the molecule is COc1cccc(-c2c3c(=O)[nH]ccc3nc3nc(C)nn23)c1. The number of nitrogens with one attached hydrogen (secondary N) is 1. The Balaban J connectivity index is 2.22. The molecule has 0 fully saturated rings. The molecule has 1 aromatic carbocycles. The van der Waals surface area contributed by atoms with Gasteiger partial charge in [0.15, 0.2) is 0 Å². The van der Waals surface area contributed by atoms with Crippen molar-refractivity contribution in [3.63, 3.8) is 0 Å². The van der Waals surface area contributed by atoms with Gasteiger partial charge in [-0.15, -0.1) is 5.10 Å². The van der Waals surface area contributed by atoms with Gasteiger partial charge in [0.05, 0.1) is 23.7 Å². The Morgan fingerprint density at radius 1 is 1.22 bits per heavy atom. The van der Waals surface area contributed by atoms with E-state index in [0.717, 1.165) is 5.56 Å². The Hall–Kier alpha value is -3.22. The molecule has 0 saturated heterocycles. The molecule has 3 aromatic heterocycles. The van der Waals surface area contributed by atoms with Crippen LogP contribution in [0, 0.1) is 6.92 Å². The second-order valence-corrected chi connectivity index (χ2v) is 5.13. The zero-order chi connectivity index (χ0) is 16.0. The van der Waals surface area contributed by atoms with Gasteiger partial charge in [0, 0.05) is 11.8 Å². The van der Waals surface area contributed by atoms with Gasteiger partial charge in [0.2, 0.25) is 0 Å². The summed E-state index contributed by atoms with van der Waals surface area (Å²) < 4.78 is 6.89. The maximum atomic E-state index is 12.4. The average molecular weight is 307 g/mol. The Labute approximate surface area is 130 Å². The Bertz CT molecular complexity index is 1100. The third-order valence-electron chi connectivity index (χ3n) is 3.65. The Morgan fingerprint density at radius 3 is 2.91 bits per heavy atom. The summed E-state index contributed by atoms with van der Waals surface area (Å²) in [7, 11) is 1.60. The summed E-state index contributed by atoms with van der Waals surface area (Å²) in [6, 6.07) is 9.23. The molecule has 0 atom stereocenters. The minimum absolute atomic E-state index is 0.220. The summed E-state index contributed by atoms with van der Waals surface area (Å²) >= 11 is 0. The maximum Gasteiger partial charge on any atom is 0.259 e. The van der Waals surface area contributed by atoms with Crippen LogP contribution in [0.25, 0.3) is 27.9 Å². The molecule has 4 aromatic rings. The van der Waals surface area contributed by atoms with E-state index >= 15 is 0 Å². The number of aromatic amines is 1. The highest BCUT2D eigenvalue weighted by atomic mass is 16.5. The summed E-state index contributed by atoms with van der Waals surface area (Å²) in [6.45, 7) is 1.79. The summed E-state index contributed by atoms with van der Waals surface area (Å²) in [4.78, 5) is 23.8. The van der Waals surface area contributed by atoms with E-state index in [-0.39, 0.29) is 5.56 Å². The smallest absolute Gasteiger partial charge is 0.259 e. The molecule has 3 heterocycles. The van der Waals surface area contributed by atoms with Crippen LogP contribution < -0.4 is 10.3 Å². The van der Waals surface area contributed by atoms with E-state index in [2.05, 4.69) is 20.1 Å². The first-order valence-corrected chi connectivity index (χ1v) is 7.06. The van der Waals surface area contributed by atoms with E-state index in [4.69, 9.17) is 4.74 Å². The number of H-pyrrole nitrogens is 1. The highest BCUT2D eigenvalue weighted by Gasteiger charge is 2.16. The van der Waals surface area contributed by atoms with Crippen molar-refractivity contribution in [3.05, 3.63) is 52.7 Å². The number of fused-ring (bicyclic) bond motifs is 2. The lowest BCUT2D eigenvalue weighted by molar-refractivity contribution is 0.415. The molecule has 0 aliphatic rings. The molecule has 0 aliphatic carbocycles. The number of pyridine rings is 1. The molecule has 0 saturated carbocycles. The monoisotopic (exact) mass is 307 g/mol. The second kappa shape index (κ2) is 4.91. The molecule has 0 aliphatic heterocycles.